The summed E-state index contributed by atoms with van der Waals surface area (Å²) in [6.45, 7) is 5.76. The summed E-state index contributed by atoms with van der Waals surface area (Å²) in [7, 11) is 0. The van der Waals surface area contributed by atoms with Gasteiger partial charge in [-0.2, -0.15) is 0 Å². The molecule has 2 N–H and O–H groups in total. The van der Waals surface area contributed by atoms with Gasteiger partial charge in [-0.1, -0.05) is 0 Å². The summed E-state index contributed by atoms with van der Waals surface area (Å²) in [5.41, 5.74) is 0.873. The SMILES string of the molecule is Oc1c(CN2CCNCC2)cc2c(c1Br)OCCO2. The summed E-state index contributed by atoms with van der Waals surface area (Å²) < 4.78 is 11.7. The van der Waals surface area contributed by atoms with Crippen LogP contribution in [0, 0.1) is 0 Å². The molecule has 1 aromatic carbocycles. The van der Waals surface area contributed by atoms with Gasteiger partial charge in [-0.15, -0.1) is 0 Å². The van der Waals surface area contributed by atoms with Crippen molar-refractivity contribution in [2.45, 2.75) is 6.54 Å². The van der Waals surface area contributed by atoms with E-state index in [1.807, 2.05) is 6.07 Å². The zero-order chi connectivity index (χ0) is 13.2. The molecule has 0 spiro atoms. The fourth-order valence-electron chi connectivity index (χ4n) is 2.42. The Morgan fingerprint density at radius 3 is 2.79 bits per heavy atom. The minimum Gasteiger partial charge on any atom is -0.506 e. The standard InChI is InChI=1S/C13H17BrN2O3/c14-11-12(17)9(8-16-3-1-15-2-4-16)7-10-13(11)19-6-5-18-10/h7,15,17H,1-6,8H2. The summed E-state index contributed by atoms with van der Waals surface area (Å²) in [4.78, 5) is 2.31. The third kappa shape index (κ3) is 2.66. The van der Waals surface area contributed by atoms with Gasteiger partial charge >= 0.3 is 0 Å². The summed E-state index contributed by atoms with van der Waals surface area (Å²) >= 11 is 3.40. The maximum absolute atomic E-state index is 10.3. The van der Waals surface area contributed by atoms with Gasteiger partial charge in [-0.25, -0.2) is 0 Å². The van der Waals surface area contributed by atoms with E-state index in [0.717, 1.165) is 38.3 Å². The lowest BCUT2D eigenvalue weighted by Crippen LogP contribution is -2.42. The van der Waals surface area contributed by atoms with Crippen molar-refractivity contribution in [3.63, 3.8) is 0 Å². The molecule has 1 saturated heterocycles. The molecule has 0 unspecified atom stereocenters. The number of hydrogen-bond donors (Lipinski definition) is 2. The lowest BCUT2D eigenvalue weighted by Gasteiger charge is -2.28. The molecular weight excluding hydrogens is 312 g/mol. The van der Waals surface area contributed by atoms with E-state index in [-0.39, 0.29) is 5.75 Å². The van der Waals surface area contributed by atoms with Crippen LogP contribution in [0.1, 0.15) is 5.56 Å². The van der Waals surface area contributed by atoms with E-state index in [9.17, 15) is 5.11 Å². The highest BCUT2D eigenvalue weighted by molar-refractivity contribution is 9.10. The van der Waals surface area contributed by atoms with Crippen molar-refractivity contribution in [1.82, 2.24) is 10.2 Å². The molecule has 0 aromatic heterocycles. The number of nitrogens with zero attached hydrogens (tertiary/aromatic N) is 1. The van der Waals surface area contributed by atoms with Crippen LogP contribution in [0.3, 0.4) is 0 Å². The first kappa shape index (κ1) is 13.0. The number of halogens is 1. The van der Waals surface area contributed by atoms with Crippen LogP contribution in [-0.2, 0) is 6.54 Å². The Morgan fingerprint density at radius 1 is 1.26 bits per heavy atom. The predicted octanol–water partition coefficient (Wildman–Crippen LogP) is 1.33. The lowest BCUT2D eigenvalue weighted by molar-refractivity contribution is 0.168. The van der Waals surface area contributed by atoms with Crippen molar-refractivity contribution >= 4 is 15.9 Å². The van der Waals surface area contributed by atoms with Crippen LogP contribution in [0.25, 0.3) is 0 Å². The zero-order valence-corrected chi connectivity index (χ0v) is 12.2. The van der Waals surface area contributed by atoms with E-state index >= 15 is 0 Å². The van der Waals surface area contributed by atoms with Crippen LogP contribution >= 0.6 is 15.9 Å². The van der Waals surface area contributed by atoms with E-state index in [1.165, 1.54) is 0 Å². The van der Waals surface area contributed by atoms with Gasteiger partial charge in [0.2, 0.25) is 0 Å². The second kappa shape index (κ2) is 5.56. The number of hydrogen-bond acceptors (Lipinski definition) is 5. The highest BCUT2D eigenvalue weighted by Gasteiger charge is 2.22. The first-order valence-corrected chi connectivity index (χ1v) is 7.28. The second-order valence-electron chi connectivity index (χ2n) is 4.75. The number of benzene rings is 1. The molecule has 1 fully saturated rings. The van der Waals surface area contributed by atoms with Crippen LogP contribution in [0.4, 0.5) is 0 Å². The molecule has 5 nitrogen and oxygen atoms in total. The molecule has 1 aromatic rings. The van der Waals surface area contributed by atoms with Crippen LogP contribution in [0.5, 0.6) is 17.2 Å². The summed E-state index contributed by atoms with van der Waals surface area (Å²) in [5.74, 6) is 1.57. The van der Waals surface area contributed by atoms with Crippen molar-refractivity contribution < 1.29 is 14.6 Å². The minimum atomic E-state index is 0.253. The fourth-order valence-corrected chi connectivity index (χ4v) is 2.98. The number of phenols is 1. The topological polar surface area (TPSA) is 54.0 Å². The molecule has 2 aliphatic rings. The van der Waals surface area contributed by atoms with Gasteiger partial charge in [-0.05, 0) is 22.0 Å². The fraction of sp³-hybridized carbons (Fsp3) is 0.538. The Morgan fingerprint density at radius 2 is 2.00 bits per heavy atom. The lowest BCUT2D eigenvalue weighted by atomic mass is 10.1. The number of fused-ring (bicyclic) bond motifs is 1. The van der Waals surface area contributed by atoms with Crippen molar-refractivity contribution in [3.8, 4) is 17.2 Å². The van der Waals surface area contributed by atoms with Gasteiger partial charge in [-0.3, -0.25) is 4.90 Å². The van der Waals surface area contributed by atoms with E-state index < -0.39 is 0 Å². The van der Waals surface area contributed by atoms with E-state index in [1.54, 1.807) is 0 Å². The molecule has 19 heavy (non-hydrogen) atoms. The Kier molecular flexibility index (Phi) is 3.81. The van der Waals surface area contributed by atoms with Gasteiger partial charge in [0.1, 0.15) is 23.4 Å². The second-order valence-corrected chi connectivity index (χ2v) is 5.54. The summed E-state index contributed by atoms with van der Waals surface area (Å²) in [6.07, 6.45) is 0. The van der Waals surface area contributed by atoms with Crippen LogP contribution < -0.4 is 14.8 Å². The monoisotopic (exact) mass is 328 g/mol. The average Bonchev–Trinajstić information content (AvgIpc) is 2.46. The third-order valence-electron chi connectivity index (χ3n) is 3.43. The maximum atomic E-state index is 10.3. The maximum Gasteiger partial charge on any atom is 0.179 e. The molecule has 2 aliphatic heterocycles. The highest BCUT2D eigenvalue weighted by Crippen LogP contribution is 2.45. The molecule has 104 valence electrons. The Bertz CT molecular complexity index is 475. The number of ether oxygens (including phenoxy) is 2. The van der Waals surface area contributed by atoms with Crippen LogP contribution in [0.2, 0.25) is 0 Å². The minimum absolute atomic E-state index is 0.253. The van der Waals surface area contributed by atoms with Gasteiger partial charge < -0.3 is 19.9 Å². The van der Waals surface area contributed by atoms with Crippen molar-refractivity contribution in [3.05, 3.63) is 16.1 Å². The largest absolute Gasteiger partial charge is 0.506 e. The van der Waals surface area contributed by atoms with Crippen LogP contribution in [-0.4, -0.2) is 49.4 Å². The van der Waals surface area contributed by atoms with Crippen molar-refractivity contribution in [2.24, 2.45) is 0 Å². The molecule has 0 saturated carbocycles. The van der Waals surface area contributed by atoms with E-state index in [4.69, 9.17) is 9.47 Å². The molecule has 0 radical (unpaired) electrons. The highest BCUT2D eigenvalue weighted by atomic mass is 79.9. The van der Waals surface area contributed by atoms with Gasteiger partial charge in [0.05, 0.1) is 0 Å². The van der Waals surface area contributed by atoms with E-state index in [0.29, 0.717) is 29.2 Å². The molecule has 6 heteroatoms. The number of aromatic hydroxyl groups is 1. The van der Waals surface area contributed by atoms with Gasteiger partial charge in [0.15, 0.2) is 11.5 Å². The predicted molar refractivity (Wildman–Crippen MR) is 74.9 cm³/mol. The zero-order valence-electron chi connectivity index (χ0n) is 10.6. The Balaban J connectivity index is 1.86. The number of phenolic OH excluding ortho intramolecular Hbond substituents is 1. The average molecular weight is 329 g/mol. The smallest absolute Gasteiger partial charge is 0.179 e. The summed E-state index contributed by atoms with van der Waals surface area (Å²) in [5, 5.41) is 13.6. The third-order valence-corrected chi connectivity index (χ3v) is 4.17. The Labute approximate surface area is 120 Å². The molecule has 0 atom stereocenters. The Hall–Kier alpha value is -0.980. The normalized spacial score (nSPS) is 19.4. The van der Waals surface area contributed by atoms with Gasteiger partial charge in [0.25, 0.3) is 0 Å². The molecule has 3 rings (SSSR count). The summed E-state index contributed by atoms with van der Waals surface area (Å²) in [6, 6.07) is 1.89. The quantitative estimate of drug-likeness (QED) is 0.857. The molecule has 0 amide bonds. The molecule has 2 heterocycles. The number of piperazine rings is 1. The molecular formula is C13H17BrN2O3. The number of nitrogens with one attached hydrogen (secondary N) is 1. The van der Waals surface area contributed by atoms with Gasteiger partial charge in [0, 0.05) is 38.3 Å². The molecule has 0 bridgehead atoms. The van der Waals surface area contributed by atoms with E-state index in [2.05, 4.69) is 26.1 Å². The van der Waals surface area contributed by atoms with Crippen molar-refractivity contribution in [2.75, 3.05) is 39.4 Å². The van der Waals surface area contributed by atoms with Crippen molar-refractivity contribution in [1.29, 1.82) is 0 Å². The molecule has 0 aliphatic carbocycles. The number of rotatable bonds is 2. The first-order chi connectivity index (χ1) is 9.25. The first-order valence-electron chi connectivity index (χ1n) is 6.48. The van der Waals surface area contributed by atoms with Crippen LogP contribution in [0.15, 0.2) is 10.5 Å².